The van der Waals surface area contributed by atoms with E-state index in [-0.39, 0.29) is 6.03 Å². The highest BCUT2D eigenvalue weighted by Gasteiger charge is 2.32. The first-order valence-corrected chi connectivity index (χ1v) is 8.70. The summed E-state index contributed by atoms with van der Waals surface area (Å²) in [5, 5.41) is 9.51. The number of piperidine rings is 1. The molecule has 2 aliphatic rings. The Morgan fingerprint density at radius 3 is 2.26 bits per heavy atom. The van der Waals surface area contributed by atoms with E-state index in [9.17, 15) is 23.2 Å². The van der Waals surface area contributed by atoms with Crippen LogP contribution in [-0.4, -0.2) is 60.0 Å². The minimum atomic E-state index is -4.40. The number of likely N-dealkylation sites (tertiary alicyclic amines) is 1. The van der Waals surface area contributed by atoms with Gasteiger partial charge in [-0.15, -0.1) is 0 Å². The maximum Gasteiger partial charge on any atom is 0.416 e. The molecule has 0 bridgehead atoms. The van der Waals surface area contributed by atoms with Crippen molar-refractivity contribution in [3.8, 4) is 6.07 Å². The molecule has 0 unspecified atom stereocenters. The van der Waals surface area contributed by atoms with Crippen LogP contribution in [-0.2, 0) is 6.18 Å². The van der Waals surface area contributed by atoms with Crippen molar-refractivity contribution in [3.63, 3.8) is 0 Å². The second kappa shape index (κ2) is 7.43. The fourth-order valence-electron chi connectivity index (χ4n) is 3.34. The number of urea groups is 1. The van der Waals surface area contributed by atoms with E-state index >= 15 is 0 Å². The van der Waals surface area contributed by atoms with E-state index in [2.05, 4.69) is 6.07 Å². The Morgan fingerprint density at radius 2 is 1.78 bits per heavy atom. The number of hydrogen-bond donors (Lipinski definition) is 0. The minimum Gasteiger partial charge on any atom is -0.304 e. The Bertz CT molecular complexity index is 824. The number of alkyl halides is 3. The molecule has 142 valence electrons. The molecule has 1 fully saturated rings. The molecule has 3 rings (SSSR count). The average Bonchev–Trinajstić information content (AvgIpc) is 3.08. The van der Waals surface area contributed by atoms with Crippen molar-refractivity contribution in [3.05, 3.63) is 41.0 Å². The second-order valence-corrected chi connectivity index (χ2v) is 6.72. The van der Waals surface area contributed by atoms with Crippen LogP contribution in [0.2, 0.25) is 0 Å². The van der Waals surface area contributed by atoms with Crippen LogP contribution in [0.4, 0.5) is 18.0 Å². The summed E-state index contributed by atoms with van der Waals surface area (Å²) >= 11 is 0. The van der Waals surface area contributed by atoms with E-state index in [1.54, 1.807) is 16.1 Å². The lowest BCUT2D eigenvalue weighted by Gasteiger charge is -2.28. The van der Waals surface area contributed by atoms with Gasteiger partial charge in [-0.1, -0.05) is 12.1 Å². The van der Waals surface area contributed by atoms with Crippen LogP contribution in [0.5, 0.6) is 0 Å². The number of likely N-dealkylation sites (N-methyl/N-ethyl adjacent to an activating group) is 1. The lowest BCUT2D eigenvalue weighted by molar-refractivity contribution is -0.482. The molecule has 0 aliphatic carbocycles. The molecule has 0 radical (unpaired) electrons. The second-order valence-electron chi connectivity index (χ2n) is 6.72. The number of nitrogens with zero attached hydrogens (tertiary/aromatic N) is 4. The van der Waals surface area contributed by atoms with E-state index in [1.807, 2.05) is 11.6 Å². The number of carbonyl (C=O) groups excluding carboxylic acids is 1. The highest BCUT2D eigenvalue weighted by atomic mass is 19.4. The number of halogens is 3. The topological polar surface area (TPSA) is 50.4 Å². The lowest BCUT2D eigenvalue weighted by Crippen LogP contribution is -2.44. The molecule has 8 heteroatoms. The van der Waals surface area contributed by atoms with Gasteiger partial charge in [-0.25, -0.2) is 4.79 Å². The summed E-state index contributed by atoms with van der Waals surface area (Å²) in [6.45, 7) is 2.45. The smallest absolute Gasteiger partial charge is 0.304 e. The fourth-order valence-corrected chi connectivity index (χ4v) is 3.34. The Balaban J connectivity index is 1.71. The fraction of sp³-hybridized carbons (Fsp3) is 0.421. The van der Waals surface area contributed by atoms with Gasteiger partial charge >= 0.3 is 12.2 Å². The Morgan fingerprint density at radius 1 is 1.15 bits per heavy atom. The molecule has 0 atom stereocenters. The zero-order valence-electron chi connectivity index (χ0n) is 15.0. The predicted molar refractivity (Wildman–Crippen MR) is 94.0 cm³/mol. The van der Waals surface area contributed by atoms with Crippen molar-refractivity contribution >= 4 is 17.9 Å². The zero-order valence-corrected chi connectivity index (χ0v) is 15.0. The van der Waals surface area contributed by atoms with Crippen LogP contribution in [0.25, 0.3) is 5.57 Å². The van der Waals surface area contributed by atoms with Gasteiger partial charge < -0.3 is 4.90 Å². The highest BCUT2D eigenvalue weighted by molar-refractivity contribution is 5.86. The summed E-state index contributed by atoms with van der Waals surface area (Å²) < 4.78 is 40.1. The average molecular weight is 377 g/mol. The Kier molecular flexibility index (Phi) is 5.22. The zero-order chi connectivity index (χ0) is 19.6. The van der Waals surface area contributed by atoms with Gasteiger partial charge in [0.05, 0.1) is 24.3 Å². The Labute approximate surface area is 155 Å². The maximum absolute atomic E-state index is 12.7. The first-order chi connectivity index (χ1) is 12.8. The highest BCUT2D eigenvalue weighted by Crippen LogP contribution is 2.32. The van der Waals surface area contributed by atoms with Gasteiger partial charge in [0, 0.05) is 13.1 Å². The molecule has 0 aromatic heterocycles. The first-order valence-electron chi connectivity index (χ1n) is 8.70. The van der Waals surface area contributed by atoms with Crippen molar-refractivity contribution < 1.29 is 22.5 Å². The molecule has 2 amide bonds. The molecule has 2 heterocycles. The monoisotopic (exact) mass is 377 g/mol. The molecule has 0 saturated carbocycles. The largest absolute Gasteiger partial charge is 0.416 e. The number of allylic oxidation sites excluding steroid dienone is 1. The maximum atomic E-state index is 12.7. The number of rotatable bonds is 1. The van der Waals surface area contributed by atoms with E-state index in [4.69, 9.17) is 0 Å². The summed E-state index contributed by atoms with van der Waals surface area (Å²) in [7, 11) is 1.91. The van der Waals surface area contributed by atoms with E-state index < -0.39 is 11.7 Å². The molecule has 2 aliphatic heterocycles. The van der Waals surface area contributed by atoms with Crippen molar-refractivity contribution in [1.29, 1.82) is 5.26 Å². The van der Waals surface area contributed by atoms with E-state index in [0.717, 1.165) is 24.3 Å². The van der Waals surface area contributed by atoms with Crippen LogP contribution in [0.3, 0.4) is 0 Å². The molecule has 1 aromatic rings. The first kappa shape index (κ1) is 19.0. The third-order valence-corrected chi connectivity index (χ3v) is 4.88. The molecule has 0 N–H and O–H groups in total. The summed E-state index contributed by atoms with van der Waals surface area (Å²) in [5.74, 6) is 0. The normalized spacial score (nSPS) is 17.6. The van der Waals surface area contributed by atoms with Crippen LogP contribution in [0, 0.1) is 11.3 Å². The van der Waals surface area contributed by atoms with Crippen molar-refractivity contribution in [1.82, 2.24) is 9.80 Å². The third-order valence-electron chi connectivity index (χ3n) is 4.88. The van der Waals surface area contributed by atoms with Crippen molar-refractivity contribution in [2.45, 2.75) is 19.0 Å². The third kappa shape index (κ3) is 4.13. The van der Waals surface area contributed by atoms with Gasteiger partial charge in [0.15, 0.2) is 0 Å². The van der Waals surface area contributed by atoms with Gasteiger partial charge in [0.25, 0.3) is 0 Å². The van der Waals surface area contributed by atoms with Gasteiger partial charge in [0.2, 0.25) is 6.34 Å². The molecule has 5 nitrogen and oxygen atoms in total. The summed E-state index contributed by atoms with van der Waals surface area (Å²) in [4.78, 5) is 15.9. The minimum absolute atomic E-state index is 0.0496. The summed E-state index contributed by atoms with van der Waals surface area (Å²) in [5.41, 5.74) is 1.03. The van der Waals surface area contributed by atoms with Crippen molar-refractivity contribution in [2.24, 2.45) is 0 Å². The number of nitriles is 1. The number of carbonyl (C=O) groups is 1. The van der Waals surface area contributed by atoms with Gasteiger partial charge in [-0.2, -0.15) is 23.3 Å². The van der Waals surface area contributed by atoms with Gasteiger partial charge in [0.1, 0.15) is 13.1 Å². The molecule has 1 aromatic carbocycles. The molecular weight excluding hydrogens is 357 g/mol. The van der Waals surface area contributed by atoms with Crippen LogP contribution in [0.1, 0.15) is 24.0 Å². The molecule has 1 saturated heterocycles. The van der Waals surface area contributed by atoms with Gasteiger partial charge in [-0.05, 0) is 36.1 Å². The van der Waals surface area contributed by atoms with Gasteiger partial charge in [-0.3, -0.25) is 4.58 Å². The van der Waals surface area contributed by atoms with Crippen molar-refractivity contribution in [2.75, 3.05) is 33.2 Å². The van der Waals surface area contributed by atoms with E-state index in [1.165, 1.54) is 12.1 Å². The number of amides is 2. The van der Waals surface area contributed by atoms with Crippen LogP contribution >= 0.6 is 0 Å². The molecule has 27 heavy (non-hydrogen) atoms. The Hall–Kier alpha value is -2.82. The van der Waals surface area contributed by atoms with Crippen LogP contribution in [0.15, 0.2) is 29.8 Å². The van der Waals surface area contributed by atoms with E-state index in [0.29, 0.717) is 43.6 Å². The summed E-state index contributed by atoms with van der Waals surface area (Å²) in [6, 6.07) is 6.73. The summed E-state index contributed by atoms with van der Waals surface area (Å²) in [6.07, 6.45) is -1.53. The standard InChI is InChI=1S/C19H20F3N4O/c1-24-10-11-26(13-24)18(27)25-8-6-15(7-9-25)17(12-23)14-2-4-16(5-3-14)19(20,21)22/h2-5,13H,6-11H2,1H3/q+1. The quantitative estimate of drug-likeness (QED) is 0.558. The number of benzene rings is 1. The SMILES string of the molecule is C[N+]1=CN(C(=O)N2CCC(=C(C#N)c3ccc(C(F)(F)F)cc3)CC2)CC1. The van der Waals surface area contributed by atoms with Crippen LogP contribution < -0.4 is 0 Å². The predicted octanol–water partition coefficient (Wildman–Crippen LogP) is 3.18. The lowest BCUT2D eigenvalue weighted by atomic mass is 9.93. The molecular formula is C19H20F3N4O+. The molecule has 0 spiro atoms. The number of hydrogen-bond acceptors (Lipinski definition) is 2.